The maximum atomic E-state index is 15.5. The Labute approximate surface area is 221 Å². The van der Waals surface area contributed by atoms with Crippen molar-refractivity contribution in [2.24, 2.45) is 11.8 Å². The molecule has 1 aliphatic rings. The molecule has 194 valence electrons. The minimum absolute atomic E-state index is 0.0498. The van der Waals surface area contributed by atoms with Gasteiger partial charge in [-0.2, -0.15) is 0 Å². The number of aliphatic carboxylic acids is 1. The van der Waals surface area contributed by atoms with Crippen LogP contribution in [0.25, 0.3) is 10.9 Å². The summed E-state index contributed by atoms with van der Waals surface area (Å²) in [4.78, 5) is 19.6. The van der Waals surface area contributed by atoms with Crippen molar-refractivity contribution in [3.63, 3.8) is 0 Å². The van der Waals surface area contributed by atoms with Gasteiger partial charge < -0.3 is 14.7 Å². The summed E-state index contributed by atoms with van der Waals surface area (Å²) in [5.74, 6) is 0.169. The third kappa shape index (κ3) is 7.17. The van der Waals surface area contributed by atoms with E-state index < -0.39 is 12.1 Å². The number of pyridine rings is 1. The van der Waals surface area contributed by atoms with Gasteiger partial charge in [-0.25, -0.2) is 4.39 Å². The number of fused-ring (bicyclic) bond motifs is 1. The Balaban J connectivity index is 1.31. The zero-order valence-corrected chi connectivity index (χ0v) is 22.2. The van der Waals surface area contributed by atoms with E-state index in [0.29, 0.717) is 24.2 Å². The van der Waals surface area contributed by atoms with Gasteiger partial charge >= 0.3 is 5.97 Å². The van der Waals surface area contributed by atoms with Crippen molar-refractivity contribution in [3.05, 3.63) is 57.4 Å². The maximum absolute atomic E-state index is 15.5. The second-order valence-corrected chi connectivity index (χ2v) is 11.5. The first-order valence-electron chi connectivity index (χ1n) is 12.7. The fourth-order valence-corrected chi connectivity index (χ4v) is 6.51. The predicted molar refractivity (Wildman–Crippen MR) is 144 cm³/mol. The molecule has 1 saturated heterocycles. The molecule has 3 heterocycles. The fraction of sp³-hybridized carbons (Fsp3) is 0.500. The molecule has 0 amide bonds. The third-order valence-electron chi connectivity index (χ3n) is 7.30. The Kier molecular flexibility index (Phi) is 9.57. The minimum Gasteiger partial charge on any atom is -0.497 e. The first kappa shape index (κ1) is 26.8. The van der Waals surface area contributed by atoms with Crippen LogP contribution in [0.5, 0.6) is 5.75 Å². The first-order valence-corrected chi connectivity index (χ1v) is 13.9. The number of carboxylic acids is 1. The second kappa shape index (κ2) is 12.8. The van der Waals surface area contributed by atoms with E-state index in [0.717, 1.165) is 60.6 Å². The number of nitrogens with zero attached hydrogens (tertiary/aromatic N) is 2. The highest BCUT2D eigenvalue weighted by Crippen LogP contribution is 2.36. The number of benzene rings is 1. The molecule has 0 bridgehead atoms. The lowest BCUT2D eigenvalue weighted by molar-refractivity contribution is -0.139. The summed E-state index contributed by atoms with van der Waals surface area (Å²) in [6.45, 7) is 2.69. The van der Waals surface area contributed by atoms with E-state index in [1.165, 1.54) is 4.88 Å². The quantitative estimate of drug-likeness (QED) is 0.250. The molecule has 5 nitrogen and oxygen atoms in total. The summed E-state index contributed by atoms with van der Waals surface area (Å²) in [5, 5.41) is 10.3. The van der Waals surface area contributed by atoms with E-state index in [9.17, 15) is 9.90 Å². The van der Waals surface area contributed by atoms with E-state index in [2.05, 4.69) is 16.0 Å². The Hall–Kier alpha value is -2.22. The number of likely N-dealkylation sites (tertiary alicyclic amines) is 1. The van der Waals surface area contributed by atoms with Crippen LogP contribution in [0.15, 0.2) is 42.6 Å². The smallest absolute Gasteiger partial charge is 0.303 e. The van der Waals surface area contributed by atoms with Gasteiger partial charge in [0.1, 0.15) is 11.9 Å². The van der Waals surface area contributed by atoms with Crippen molar-refractivity contribution in [2.45, 2.75) is 51.1 Å². The third-order valence-corrected chi connectivity index (χ3v) is 8.59. The van der Waals surface area contributed by atoms with Crippen LogP contribution >= 0.6 is 22.9 Å². The average Bonchev–Trinajstić information content (AvgIpc) is 3.29. The molecule has 36 heavy (non-hydrogen) atoms. The van der Waals surface area contributed by atoms with Crippen LogP contribution in [0.3, 0.4) is 0 Å². The summed E-state index contributed by atoms with van der Waals surface area (Å²) < 4.78 is 21.6. The van der Waals surface area contributed by atoms with E-state index in [1.807, 2.05) is 24.3 Å². The number of aryl methyl sites for hydroxylation is 1. The van der Waals surface area contributed by atoms with E-state index >= 15 is 4.39 Å². The van der Waals surface area contributed by atoms with Crippen LogP contribution in [-0.4, -0.2) is 47.7 Å². The van der Waals surface area contributed by atoms with Crippen LogP contribution in [0, 0.1) is 11.8 Å². The summed E-state index contributed by atoms with van der Waals surface area (Å²) in [6.07, 6.45) is 5.82. The zero-order valence-electron chi connectivity index (χ0n) is 20.7. The van der Waals surface area contributed by atoms with E-state index in [1.54, 1.807) is 30.7 Å². The Morgan fingerprint density at radius 3 is 2.89 bits per heavy atom. The molecule has 0 radical (unpaired) electrons. The van der Waals surface area contributed by atoms with E-state index in [-0.39, 0.29) is 18.3 Å². The second-order valence-electron chi connectivity index (χ2n) is 9.70. The number of rotatable bonds is 12. The maximum Gasteiger partial charge on any atom is 0.303 e. The highest BCUT2D eigenvalue weighted by Gasteiger charge is 2.31. The van der Waals surface area contributed by atoms with Gasteiger partial charge in [0.25, 0.3) is 0 Å². The zero-order chi connectivity index (χ0) is 25.5. The topological polar surface area (TPSA) is 62.7 Å². The number of thiophene rings is 1. The molecule has 1 fully saturated rings. The number of hydrogen-bond acceptors (Lipinski definition) is 5. The molecule has 1 aromatic carbocycles. The average molecular weight is 533 g/mol. The van der Waals surface area contributed by atoms with Crippen LogP contribution < -0.4 is 4.74 Å². The summed E-state index contributed by atoms with van der Waals surface area (Å²) in [7, 11) is 1.60. The predicted octanol–water partition coefficient (Wildman–Crippen LogP) is 7.18. The monoisotopic (exact) mass is 532 g/mol. The molecule has 0 spiro atoms. The number of aromatic nitrogens is 1. The lowest BCUT2D eigenvalue weighted by Gasteiger charge is -2.38. The number of unbranched alkanes of at least 4 members (excludes halogenated alkanes) is 1. The van der Waals surface area contributed by atoms with Crippen molar-refractivity contribution in [1.82, 2.24) is 9.88 Å². The highest BCUT2D eigenvalue weighted by molar-refractivity contribution is 7.16. The Bertz CT molecular complexity index is 1160. The molecule has 0 unspecified atom stereocenters. The van der Waals surface area contributed by atoms with Gasteiger partial charge in [0.05, 0.1) is 17.0 Å². The number of carbonyl (C=O) groups is 1. The van der Waals surface area contributed by atoms with Crippen molar-refractivity contribution in [1.29, 1.82) is 0 Å². The molecule has 0 aliphatic carbocycles. The van der Waals surface area contributed by atoms with Gasteiger partial charge in [0, 0.05) is 29.4 Å². The van der Waals surface area contributed by atoms with E-state index in [4.69, 9.17) is 16.3 Å². The first-order chi connectivity index (χ1) is 17.4. The standard InChI is InChI=1S/C28H34ClFN2O3S/c1-35-21-6-9-26-24(17-21)23(11-13-31-26)25(30)8-5-19-12-15-32(18-20(19)16-28(33)34)14-3-2-4-22-7-10-27(29)36-22/h6-7,9-11,13,17,19-20,25H,2-5,8,12,14-16,18H2,1H3,(H,33,34)/t19-,20+,25+/m1/s1. The molecule has 3 atom stereocenters. The summed E-state index contributed by atoms with van der Waals surface area (Å²) >= 11 is 7.65. The SMILES string of the molecule is COc1ccc2nccc([C@@H](F)CC[C@@H]3CCN(CCCCc4ccc(Cl)s4)C[C@@H]3CC(=O)O)c2c1. The van der Waals surface area contributed by atoms with Crippen LogP contribution in [0.1, 0.15) is 55.1 Å². The number of ether oxygens (including phenoxy) is 1. The van der Waals surface area contributed by atoms with Gasteiger partial charge in [-0.15, -0.1) is 11.3 Å². The lowest BCUT2D eigenvalue weighted by Crippen LogP contribution is -2.41. The summed E-state index contributed by atoms with van der Waals surface area (Å²) in [5.41, 5.74) is 1.37. The van der Waals surface area contributed by atoms with Crippen LogP contribution in [0.2, 0.25) is 4.34 Å². The number of methoxy groups -OCH3 is 1. The number of halogens is 2. The molecule has 3 aromatic rings. The molecule has 8 heteroatoms. The molecule has 2 aromatic heterocycles. The molecule has 1 N–H and O–H groups in total. The molecule has 1 aliphatic heterocycles. The number of hydrogen-bond donors (Lipinski definition) is 1. The van der Waals surface area contributed by atoms with Crippen molar-refractivity contribution < 1.29 is 19.0 Å². The molecular weight excluding hydrogens is 499 g/mol. The van der Waals surface area contributed by atoms with Crippen molar-refractivity contribution in [2.75, 3.05) is 26.7 Å². The van der Waals surface area contributed by atoms with Crippen LogP contribution in [-0.2, 0) is 11.2 Å². The van der Waals surface area contributed by atoms with Crippen molar-refractivity contribution in [3.8, 4) is 5.75 Å². The van der Waals surface area contributed by atoms with Gasteiger partial charge in [0.2, 0.25) is 0 Å². The lowest BCUT2D eigenvalue weighted by atomic mass is 9.79. The largest absolute Gasteiger partial charge is 0.497 e. The van der Waals surface area contributed by atoms with Gasteiger partial charge in [-0.3, -0.25) is 9.78 Å². The van der Waals surface area contributed by atoms with Gasteiger partial charge in [-0.05, 0) is 105 Å². The minimum atomic E-state index is -1.13. The van der Waals surface area contributed by atoms with Gasteiger partial charge in [0.15, 0.2) is 0 Å². The van der Waals surface area contributed by atoms with Gasteiger partial charge in [-0.1, -0.05) is 11.6 Å². The molecule has 4 rings (SSSR count). The Morgan fingerprint density at radius 2 is 2.14 bits per heavy atom. The number of carboxylic acid groups (broad SMARTS) is 1. The molecular formula is C28H34ClFN2O3S. The highest BCUT2D eigenvalue weighted by atomic mass is 35.5. The van der Waals surface area contributed by atoms with Crippen LogP contribution in [0.4, 0.5) is 4.39 Å². The normalized spacial score (nSPS) is 19.4. The fourth-order valence-electron chi connectivity index (χ4n) is 5.38. The number of piperidine rings is 1. The Morgan fingerprint density at radius 1 is 1.28 bits per heavy atom. The number of alkyl halides is 1. The molecule has 0 saturated carbocycles. The summed E-state index contributed by atoms with van der Waals surface area (Å²) in [6, 6.07) is 11.3. The van der Waals surface area contributed by atoms with Crippen molar-refractivity contribution >= 4 is 39.8 Å².